The van der Waals surface area contributed by atoms with Crippen LogP contribution in [0, 0.1) is 0 Å². The molecule has 2 aromatic heterocycles. The molecule has 12 rings (SSSR count). The third-order valence-electron chi connectivity index (χ3n) is 13.4. The summed E-state index contributed by atoms with van der Waals surface area (Å²) in [5.41, 5.74) is 17.7. The molecule has 0 N–H and O–H groups in total. The Labute approximate surface area is 379 Å². The summed E-state index contributed by atoms with van der Waals surface area (Å²) in [6.45, 7) is 4.44. The molecule has 0 atom stereocenters. The van der Waals surface area contributed by atoms with E-state index in [0.717, 1.165) is 129 Å². The van der Waals surface area contributed by atoms with Gasteiger partial charge in [-0.3, -0.25) is 0 Å². The lowest BCUT2D eigenvalue weighted by atomic mass is 9.70. The highest BCUT2D eigenvalue weighted by Gasteiger charge is 2.55. The van der Waals surface area contributed by atoms with Crippen LogP contribution in [0.4, 0.5) is 34.1 Å². The van der Waals surface area contributed by atoms with E-state index in [2.05, 4.69) is 206 Å². The van der Waals surface area contributed by atoms with Gasteiger partial charge < -0.3 is 18.6 Å². The third-order valence-corrected chi connectivity index (χ3v) is 13.4. The average Bonchev–Trinajstić information content (AvgIpc) is 4.13. The van der Waals surface area contributed by atoms with Gasteiger partial charge in [0.25, 0.3) is 0 Å². The van der Waals surface area contributed by atoms with Crippen LogP contribution in [0.3, 0.4) is 0 Å². The fraction of sp³-hybridized carbons (Fsp3) is 0.153. The van der Waals surface area contributed by atoms with Crippen molar-refractivity contribution in [3.05, 3.63) is 216 Å². The Kier molecular flexibility index (Phi) is 9.48. The van der Waals surface area contributed by atoms with Crippen LogP contribution < -0.4 is 9.80 Å². The summed E-state index contributed by atoms with van der Waals surface area (Å²) >= 11 is 0. The molecule has 2 aliphatic rings. The second-order valence-corrected chi connectivity index (χ2v) is 17.3. The highest BCUT2D eigenvalue weighted by molar-refractivity contribution is 6.15. The van der Waals surface area contributed by atoms with Crippen molar-refractivity contribution in [2.45, 2.75) is 57.8 Å². The number of hydrogen-bond donors (Lipinski definition) is 0. The molecule has 0 unspecified atom stereocenters. The summed E-state index contributed by atoms with van der Waals surface area (Å²) in [4.78, 5) is 15.6. The van der Waals surface area contributed by atoms with Crippen molar-refractivity contribution in [1.29, 1.82) is 0 Å². The number of para-hydroxylation sites is 4. The van der Waals surface area contributed by atoms with Gasteiger partial charge in [0.15, 0.2) is 22.9 Å². The Balaban J connectivity index is 1.27. The molecule has 0 saturated heterocycles. The second-order valence-electron chi connectivity index (χ2n) is 17.3. The van der Waals surface area contributed by atoms with Crippen molar-refractivity contribution >= 4 is 56.3 Å². The minimum absolute atomic E-state index is 0.737. The molecule has 10 aromatic rings. The lowest BCUT2D eigenvalue weighted by Gasteiger charge is -2.33. The monoisotopic (exact) mass is 844 g/mol. The van der Waals surface area contributed by atoms with E-state index in [4.69, 9.17) is 18.8 Å². The molecule has 316 valence electrons. The van der Waals surface area contributed by atoms with Crippen LogP contribution in [0.25, 0.3) is 44.5 Å². The number of nitrogens with zero attached hydrogens (tertiary/aromatic N) is 4. The predicted octanol–water partition coefficient (Wildman–Crippen LogP) is 15.9. The van der Waals surface area contributed by atoms with Gasteiger partial charge in [-0.1, -0.05) is 148 Å². The molecule has 6 nitrogen and oxygen atoms in total. The number of unbranched alkanes of at least 4 members (excludes halogenated alkanes) is 2. The zero-order chi connectivity index (χ0) is 43.5. The molecular weight excluding hydrogens is 797 g/mol. The van der Waals surface area contributed by atoms with Crippen molar-refractivity contribution in [2.75, 3.05) is 9.80 Å². The largest absolute Gasteiger partial charge is 0.440 e. The molecule has 65 heavy (non-hydrogen) atoms. The number of fused-ring (bicyclic) bond motifs is 14. The second kappa shape index (κ2) is 15.8. The van der Waals surface area contributed by atoms with Gasteiger partial charge >= 0.3 is 0 Å². The van der Waals surface area contributed by atoms with E-state index in [1.165, 1.54) is 22.3 Å². The number of hydrogen-bond acceptors (Lipinski definition) is 6. The fourth-order valence-electron chi connectivity index (χ4n) is 10.6. The predicted molar refractivity (Wildman–Crippen MR) is 264 cm³/mol. The number of benzene rings is 8. The van der Waals surface area contributed by atoms with Gasteiger partial charge in [-0.15, -0.1) is 0 Å². The van der Waals surface area contributed by atoms with E-state index in [1.807, 2.05) is 0 Å². The summed E-state index contributed by atoms with van der Waals surface area (Å²) in [6, 6.07) is 65.4. The van der Waals surface area contributed by atoms with Gasteiger partial charge in [0.2, 0.25) is 0 Å². The molecule has 0 bridgehead atoms. The summed E-state index contributed by atoms with van der Waals surface area (Å²) < 4.78 is 14.5. The van der Waals surface area contributed by atoms with Gasteiger partial charge in [0.05, 0.1) is 16.8 Å². The minimum Gasteiger partial charge on any atom is -0.440 e. The smallest absolute Gasteiger partial charge is 0.195 e. The topological polar surface area (TPSA) is 58.5 Å². The normalized spacial score (nSPS) is 13.0. The van der Waals surface area contributed by atoms with Gasteiger partial charge in [0, 0.05) is 46.7 Å². The Morgan fingerprint density at radius 3 is 1.11 bits per heavy atom. The highest BCUT2D eigenvalue weighted by atomic mass is 16.4. The van der Waals surface area contributed by atoms with Crippen molar-refractivity contribution in [3.8, 4) is 22.3 Å². The maximum absolute atomic E-state index is 7.24. The van der Waals surface area contributed by atoms with Crippen LogP contribution in [-0.2, 0) is 18.3 Å². The first-order valence-corrected chi connectivity index (χ1v) is 23.1. The molecule has 0 amide bonds. The first kappa shape index (κ1) is 38.9. The van der Waals surface area contributed by atoms with Crippen molar-refractivity contribution in [3.63, 3.8) is 0 Å². The standard InChI is InChI=1S/C59H48N4O2/c1-3-5-35-51-60-55-49(62(39-23-11-7-12-24-39)40-25-13-8-14-26-40)37-47-53(57(55)64-51)54-48(59(47)45-33-21-19-31-43(45)44-32-20-22-34-46(44)59)38-50(56-58(54)65-52(61-56)36-6-4-2)63(41-27-15-9-16-28-41)42-29-17-10-18-30-42/h7-34,37-38H,3-6,35-36H2,1-2H3. The van der Waals surface area contributed by atoms with Crippen LogP contribution in [0.2, 0.25) is 0 Å². The van der Waals surface area contributed by atoms with E-state index in [1.54, 1.807) is 0 Å². The van der Waals surface area contributed by atoms with E-state index < -0.39 is 5.41 Å². The molecule has 8 aromatic carbocycles. The number of anilines is 6. The fourth-order valence-corrected chi connectivity index (χ4v) is 10.6. The molecule has 6 heteroatoms. The van der Waals surface area contributed by atoms with Gasteiger partial charge in [-0.25, -0.2) is 9.97 Å². The van der Waals surface area contributed by atoms with Gasteiger partial charge in [-0.05, 0) is 107 Å². The van der Waals surface area contributed by atoms with E-state index in [-0.39, 0.29) is 0 Å². The Hall–Kier alpha value is -7.70. The van der Waals surface area contributed by atoms with E-state index in [9.17, 15) is 0 Å². The molecule has 0 fully saturated rings. The molecule has 2 heterocycles. The molecule has 1 spiro atoms. The third kappa shape index (κ3) is 6.00. The SMILES string of the molecule is CCCCc1nc2c(N(c3ccccc3)c3ccccc3)cc3c(c2o1)-c1c(cc(N(c2ccccc2)c2ccccc2)c2nc(CCCC)oc12)C31c2ccccc2-c2ccccc21. The molecule has 0 saturated carbocycles. The maximum Gasteiger partial charge on any atom is 0.195 e. The van der Waals surface area contributed by atoms with Crippen molar-refractivity contribution in [1.82, 2.24) is 9.97 Å². The first-order valence-electron chi connectivity index (χ1n) is 23.1. The summed E-state index contributed by atoms with van der Waals surface area (Å²) in [6.07, 6.45) is 5.48. The Morgan fingerprint density at radius 2 is 0.754 bits per heavy atom. The van der Waals surface area contributed by atoms with Crippen LogP contribution in [0.15, 0.2) is 191 Å². The highest BCUT2D eigenvalue weighted by Crippen LogP contribution is 2.67. The number of oxazole rings is 2. The van der Waals surface area contributed by atoms with E-state index >= 15 is 0 Å². The van der Waals surface area contributed by atoms with Crippen molar-refractivity contribution in [2.24, 2.45) is 0 Å². The molecule has 0 radical (unpaired) electrons. The Morgan fingerprint density at radius 1 is 0.415 bits per heavy atom. The average molecular weight is 845 g/mol. The van der Waals surface area contributed by atoms with Gasteiger partial charge in [-0.2, -0.15) is 0 Å². The van der Waals surface area contributed by atoms with Crippen LogP contribution in [0.1, 0.15) is 73.6 Å². The summed E-state index contributed by atoms with van der Waals surface area (Å²) in [5, 5.41) is 0. The first-order chi connectivity index (χ1) is 32.2. The van der Waals surface area contributed by atoms with Gasteiger partial charge in [0.1, 0.15) is 11.0 Å². The minimum atomic E-state index is -0.769. The quantitative estimate of drug-likeness (QED) is 0.122. The Bertz CT molecular complexity index is 3050. The zero-order valence-corrected chi connectivity index (χ0v) is 36.7. The summed E-state index contributed by atoms with van der Waals surface area (Å²) in [7, 11) is 0. The molecule has 2 aliphatic carbocycles. The molecule has 0 aliphatic heterocycles. The van der Waals surface area contributed by atoms with Crippen LogP contribution in [-0.4, -0.2) is 9.97 Å². The zero-order valence-electron chi connectivity index (χ0n) is 36.7. The number of aromatic nitrogens is 2. The number of rotatable bonds is 12. The van der Waals surface area contributed by atoms with Crippen molar-refractivity contribution < 1.29 is 8.83 Å². The maximum atomic E-state index is 7.24. The van der Waals surface area contributed by atoms with Crippen LogP contribution >= 0.6 is 0 Å². The molecular formula is C59H48N4O2. The number of aryl methyl sites for hydroxylation is 2. The summed E-state index contributed by atoms with van der Waals surface area (Å²) in [5.74, 6) is 1.47. The lowest BCUT2D eigenvalue weighted by molar-refractivity contribution is 0.515. The van der Waals surface area contributed by atoms with Crippen LogP contribution in [0.5, 0.6) is 0 Å². The lowest BCUT2D eigenvalue weighted by Crippen LogP contribution is -2.26. The van der Waals surface area contributed by atoms with E-state index in [0.29, 0.717) is 0 Å².